The zero-order valence-electron chi connectivity index (χ0n) is 11.1. The molecule has 3 N–H and O–H groups in total. The Balaban J connectivity index is 2.00. The summed E-state index contributed by atoms with van der Waals surface area (Å²) in [6.07, 6.45) is 8.99. The highest BCUT2D eigenvalue weighted by Gasteiger charge is 2.43. The summed E-state index contributed by atoms with van der Waals surface area (Å²) < 4.78 is 6.07. The summed E-state index contributed by atoms with van der Waals surface area (Å²) in [5, 5.41) is 10.5. The predicted octanol–water partition coefficient (Wildman–Crippen LogP) is 2.22. The summed E-state index contributed by atoms with van der Waals surface area (Å²) in [6, 6.07) is 0. The number of rotatable bonds is 3. The Bertz CT molecular complexity index is 241. The van der Waals surface area contributed by atoms with Gasteiger partial charge in [0.2, 0.25) is 0 Å². The lowest BCUT2D eigenvalue weighted by Crippen LogP contribution is -2.48. The monoisotopic (exact) mass is 241 g/mol. The molecular weight excluding hydrogens is 214 g/mol. The molecule has 0 amide bonds. The molecule has 2 unspecified atom stereocenters. The topological polar surface area (TPSA) is 55.5 Å². The molecule has 1 aliphatic carbocycles. The molecule has 1 aliphatic heterocycles. The van der Waals surface area contributed by atoms with E-state index in [1.54, 1.807) is 0 Å². The molecule has 2 rings (SSSR count). The van der Waals surface area contributed by atoms with Crippen LogP contribution in [0.15, 0.2) is 0 Å². The third-order valence-electron chi connectivity index (χ3n) is 4.79. The van der Waals surface area contributed by atoms with Gasteiger partial charge in [-0.25, -0.2) is 0 Å². The van der Waals surface area contributed by atoms with E-state index in [-0.39, 0.29) is 5.60 Å². The molecular formula is C14H27NO2. The van der Waals surface area contributed by atoms with Gasteiger partial charge in [-0.1, -0.05) is 19.3 Å². The van der Waals surface area contributed by atoms with E-state index in [0.717, 1.165) is 19.4 Å². The molecule has 0 aromatic heterocycles. The Morgan fingerprint density at radius 3 is 2.71 bits per heavy atom. The highest BCUT2D eigenvalue weighted by atomic mass is 16.5. The fourth-order valence-corrected chi connectivity index (χ4v) is 3.60. The molecule has 1 spiro atoms. The zero-order valence-corrected chi connectivity index (χ0v) is 11.1. The van der Waals surface area contributed by atoms with Crippen LogP contribution in [0, 0.1) is 5.92 Å². The molecule has 1 saturated heterocycles. The highest BCUT2D eigenvalue weighted by Crippen LogP contribution is 2.44. The summed E-state index contributed by atoms with van der Waals surface area (Å²) in [5.41, 5.74) is 5.07. The molecule has 0 radical (unpaired) electrons. The maximum atomic E-state index is 10.5. The van der Waals surface area contributed by atoms with Gasteiger partial charge >= 0.3 is 0 Å². The summed E-state index contributed by atoms with van der Waals surface area (Å²) in [7, 11) is 0. The smallest absolute Gasteiger partial charge is 0.0686 e. The van der Waals surface area contributed by atoms with Gasteiger partial charge in [0, 0.05) is 6.61 Å². The number of hydrogen-bond acceptors (Lipinski definition) is 3. The lowest BCUT2D eigenvalue weighted by Gasteiger charge is -2.47. The van der Waals surface area contributed by atoms with E-state index >= 15 is 0 Å². The third kappa shape index (κ3) is 3.01. The van der Waals surface area contributed by atoms with Gasteiger partial charge in [0.05, 0.1) is 11.2 Å². The maximum absolute atomic E-state index is 10.5. The van der Waals surface area contributed by atoms with E-state index < -0.39 is 5.60 Å². The van der Waals surface area contributed by atoms with Gasteiger partial charge in [-0.15, -0.1) is 0 Å². The minimum atomic E-state index is -0.608. The third-order valence-corrected chi connectivity index (χ3v) is 4.79. The fraction of sp³-hybridized carbons (Fsp3) is 1.00. The van der Waals surface area contributed by atoms with Crippen LogP contribution in [0.5, 0.6) is 0 Å². The lowest BCUT2D eigenvalue weighted by atomic mass is 9.70. The van der Waals surface area contributed by atoms with E-state index in [4.69, 9.17) is 10.5 Å². The molecule has 2 fully saturated rings. The van der Waals surface area contributed by atoms with Crippen molar-refractivity contribution in [1.29, 1.82) is 0 Å². The van der Waals surface area contributed by atoms with Gasteiger partial charge in [0.1, 0.15) is 0 Å². The Morgan fingerprint density at radius 2 is 2.06 bits per heavy atom. The van der Waals surface area contributed by atoms with Crippen LogP contribution >= 0.6 is 0 Å². The second-order valence-corrected chi connectivity index (χ2v) is 6.18. The molecule has 3 heteroatoms. The number of aliphatic hydroxyl groups is 1. The first-order chi connectivity index (χ1) is 8.08. The maximum Gasteiger partial charge on any atom is 0.0686 e. The molecule has 2 aliphatic rings. The average molecular weight is 241 g/mol. The minimum Gasteiger partial charge on any atom is -0.390 e. The van der Waals surface area contributed by atoms with Crippen molar-refractivity contribution in [2.24, 2.45) is 11.7 Å². The summed E-state index contributed by atoms with van der Waals surface area (Å²) >= 11 is 0. The number of nitrogens with two attached hydrogens (primary N) is 1. The Hall–Kier alpha value is -0.120. The first-order valence-corrected chi connectivity index (χ1v) is 7.14. The van der Waals surface area contributed by atoms with Crippen LogP contribution in [-0.4, -0.2) is 29.5 Å². The van der Waals surface area contributed by atoms with Crippen LogP contribution in [0.25, 0.3) is 0 Å². The van der Waals surface area contributed by atoms with Gasteiger partial charge in [0.25, 0.3) is 0 Å². The van der Waals surface area contributed by atoms with Gasteiger partial charge in [0.15, 0.2) is 0 Å². The van der Waals surface area contributed by atoms with Crippen molar-refractivity contribution in [2.75, 3.05) is 13.2 Å². The van der Waals surface area contributed by atoms with Crippen LogP contribution in [0.1, 0.15) is 58.3 Å². The fourth-order valence-electron chi connectivity index (χ4n) is 3.60. The first-order valence-electron chi connectivity index (χ1n) is 7.14. The van der Waals surface area contributed by atoms with Crippen molar-refractivity contribution in [2.45, 2.75) is 69.5 Å². The standard InChI is InChI=1S/C14H27NO2/c1-13(16,8-9-15)12-5-10-17-14(11-12)6-3-2-4-7-14/h12,16H,2-11,15H2,1H3. The summed E-state index contributed by atoms with van der Waals surface area (Å²) in [5.74, 6) is 0.359. The molecule has 0 aromatic rings. The number of ether oxygens (including phenoxy) is 1. The van der Waals surface area contributed by atoms with Crippen molar-refractivity contribution in [3.8, 4) is 0 Å². The average Bonchev–Trinajstić information content (AvgIpc) is 2.30. The van der Waals surface area contributed by atoms with Gasteiger partial charge in [-0.2, -0.15) is 0 Å². The minimum absolute atomic E-state index is 0.0831. The van der Waals surface area contributed by atoms with Crippen LogP contribution in [0.2, 0.25) is 0 Å². The van der Waals surface area contributed by atoms with Crippen molar-refractivity contribution in [1.82, 2.24) is 0 Å². The Labute approximate surface area is 105 Å². The van der Waals surface area contributed by atoms with Crippen LogP contribution in [-0.2, 0) is 4.74 Å². The van der Waals surface area contributed by atoms with Crippen molar-refractivity contribution >= 4 is 0 Å². The lowest BCUT2D eigenvalue weighted by molar-refractivity contribution is -0.153. The van der Waals surface area contributed by atoms with E-state index in [9.17, 15) is 5.11 Å². The second kappa shape index (κ2) is 5.25. The molecule has 0 aromatic carbocycles. The Kier molecular flexibility index (Phi) is 4.11. The van der Waals surface area contributed by atoms with Crippen LogP contribution in [0.3, 0.4) is 0 Å². The molecule has 0 bridgehead atoms. The molecule has 100 valence electrons. The van der Waals surface area contributed by atoms with Crippen molar-refractivity contribution in [3.63, 3.8) is 0 Å². The molecule has 1 saturated carbocycles. The van der Waals surface area contributed by atoms with E-state index in [1.807, 2.05) is 6.92 Å². The zero-order chi connectivity index (χ0) is 12.4. The van der Waals surface area contributed by atoms with Crippen LogP contribution in [0.4, 0.5) is 0 Å². The largest absolute Gasteiger partial charge is 0.390 e. The SMILES string of the molecule is CC(O)(CCN)C1CCOC2(CCCCC2)C1. The quantitative estimate of drug-likeness (QED) is 0.796. The van der Waals surface area contributed by atoms with Gasteiger partial charge in [-0.3, -0.25) is 0 Å². The molecule has 17 heavy (non-hydrogen) atoms. The van der Waals surface area contributed by atoms with E-state index in [2.05, 4.69) is 0 Å². The predicted molar refractivity (Wildman–Crippen MR) is 68.8 cm³/mol. The first kappa shape index (κ1) is 13.3. The van der Waals surface area contributed by atoms with E-state index in [1.165, 1.54) is 32.1 Å². The van der Waals surface area contributed by atoms with Gasteiger partial charge < -0.3 is 15.6 Å². The Morgan fingerprint density at radius 1 is 1.35 bits per heavy atom. The second-order valence-electron chi connectivity index (χ2n) is 6.18. The van der Waals surface area contributed by atoms with E-state index in [0.29, 0.717) is 18.9 Å². The summed E-state index contributed by atoms with van der Waals surface area (Å²) in [6.45, 7) is 3.33. The van der Waals surface area contributed by atoms with Gasteiger partial charge in [-0.05, 0) is 51.5 Å². The van der Waals surface area contributed by atoms with Crippen molar-refractivity contribution in [3.05, 3.63) is 0 Å². The molecule has 2 atom stereocenters. The highest BCUT2D eigenvalue weighted by molar-refractivity contribution is 4.95. The summed E-state index contributed by atoms with van der Waals surface area (Å²) in [4.78, 5) is 0. The van der Waals surface area contributed by atoms with Crippen LogP contribution < -0.4 is 5.73 Å². The molecule has 1 heterocycles. The molecule has 3 nitrogen and oxygen atoms in total. The number of hydrogen-bond donors (Lipinski definition) is 2. The normalized spacial score (nSPS) is 32.3. The van der Waals surface area contributed by atoms with Crippen molar-refractivity contribution < 1.29 is 9.84 Å².